The van der Waals surface area contributed by atoms with Crippen molar-refractivity contribution in [3.63, 3.8) is 0 Å². The van der Waals surface area contributed by atoms with Crippen LogP contribution in [0.25, 0.3) is 11.3 Å². The van der Waals surface area contributed by atoms with Crippen molar-refractivity contribution in [3.8, 4) is 11.3 Å². The molecule has 0 spiro atoms. The van der Waals surface area contributed by atoms with Crippen molar-refractivity contribution in [2.75, 3.05) is 11.4 Å². The molecule has 3 aromatic rings. The Kier molecular flexibility index (Phi) is 4.92. The summed E-state index contributed by atoms with van der Waals surface area (Å²) in [7, 11) is 0. The first-order chi connectivity index (χ1) is 13.5. The van der Waals surface area contributed by atoms with E-state index in [1.165, 1.54) is 12.1 Å². The number of para-hydroxylation sites is 1. The fourth-order valence-corrected chi connectivity index (χ4v) is 4.30. The Morgan fingerprint density at radius 3 is 2.64 bits per heavy atom. The smallest absolute Gasteiger partial charge is 0.294 e. The standard InChI is InChI=1S/C21H18N2O4S/c1-14-12-13-22(17-4-2-3-5-20(17)28-14)21(24)19-11-10-18(27-19)15-6-8-16(9-7-15)23(25)26/h2-11,14H,12-13H2,1H3. The van der Waals surface area contributed by atoms with Crippen LogP contribution in [0.1, 0.15) is 23.9 Å². The first-order valence-electron chi connectivity index (χ1n) is 8.95. The number of anilines is 1. The van der Waals surface area contributed by atoms with Crippen molar-refractivity contribution in [2.24, 2.45) is 0 Å². The van der Waals surface area contributed by atoms with Crippen LogP contribution in [-0.4, -0.2) is 22.6 Å². The number of non-ortho nitro benzene ring substituents is 1. The molecule has 2 heterocycles. The highest BCUT2D eigenvalue weighted by molar-refractivity contribution is 8.00. The zero-order valence-corrected chi connectivity index (χ0v) is 16.0. The molecule has 0 bridgehead atoms. The Morgan fingerprint density at radius 1 is 1.14 bits per heavy atom. The summed E-state index contributed by atoms with van der Waals surface area (Å²) in [5, 5.41) is 11.2. The first-order valence-corrected chi connectivity index (χ1v) is 9.83. The van der Waals surface area contributed by atoms with Gasteiger partial charge in [0.25, 0.3) is 11.6 Å². The van der Waals surface area contributed by atoms with E-state index in [1.807, 2.05) is 24.3 Å². The highest BCUT2D eigenvalue weighted by Crippen LogP contribution is 2.38. The molecule has 0 N–H and O–H groups in total. The lowest BCUT2D eigenvalue weighted by atomic mass is 10.1. The molecule has 1 aliphatic rings. The molecule has 1 amide bonds. The van der Waals surface area contributed by atoms with Gasteiger partial charge >= 0.3 is 0 Å². The quantitative estimate of drug-likeness (QED) is 0.440. The lowest BCUT2D eigenvalue weighted by Gasteiger charge is -2.21. The van der Waals surface area contributed by atoms with Gasteiger partial charge in [0.1, 0.15) is 5.76 Å². The van der Waals surface area contributed by atoms with Gasteiger partial charge in [0.05, 0.1) is 10.6 Å². The minimum Gasteiger partial charge on any atom is -0.451 e. The number of benzene rings is 2. The van der Waals surface area contributed by atoms with E-state index in [9.17, 15) is 14.9 Å². The minimum atomic E-state index is -0.448. The summed E-state index contributed by atoms with van der Waals surface area (Å²) in [4.78, 5) is 26.3. The van der Waals surface area contributed by atoms with E-state index in [-0.39, 0.29) is 17.4 Å². The molecular weight excluding hydrogens is 376 g/mol. The van der Waals surface area contributed by atoms with Crippen LogP contribution in [0.3, 0.4) is 0 Å². The number of nitrogens with zero attached hydrogens (tertiary/aromatic N) is 2. The lowest BCUT2D eigenvalue weighted by Crippen LogP contribution is -2.31. The number of thioether (sulfide) groups is 1. The molecule has 0 radical (unpaired) electrons. The lowest BCUT2D eigenvalue weighted by molar-refractivity contribution is -0.384. The second kappa shape index (κ2) is 7.52. The molecule has 1 aromatic heterocycles. The second-order valence-corrected chi connectivity index (χ2v) is 8.09. The summed E-state index contributed by atoms with van der Waals surface area (Å²) in [6.07, 6.45) is 0.890. The van der Waals surface area contributed by atoms with Gasteiger partial charge < -0.3 is 9.32 Å². The Hall–Kier alpha value is -3.06. The average Bonchev–Trinajstić information content (AvgIpc) is 3.12. The van der Waals surface area contributed by atoms with Gasteiger partial charge in [0, 0.05) is 34.4 Å². The molecule has 4 rings (SSSR count). The molecule has 1 unspecified atom stereocenters. The van der Waals surface area contributed by atoms with Gasteiger partial charge in [-0.3, -0.25) is 14.9 Å². The number of nitro benzene ring substituents is 1. The van der Waals surface area contributed by atoms with Crippen molar-refractivity contribution < 1.29 is 14.1 Å². The summed E-state index contributed by atoms with van der Waals surface area (Å²) in [6.45, 7) is 2.78. The van der Waals surface area contributed by atoms with Crippen molar-refractivity contribution in [3.05, 3.63) is 76.5 Å². The molecule has 0 fully saturated rings. The number of hydrogen-bond donors (Lipinski definition) is 0. The van der Waals surface area contributed by atoms with E-state index in [0.717, 1.165) is 17.0 Å². The maximum absolute atomic E-state index is 13.1. The number of hydrogen-bond acceptors (Lipinski definition) is 5. The molecule has 28 heavy (non-hydrogen) atoms. The van der Waals surface area contributed by atoms with Crippen molar-refractivity contribution in [1.29, 1.82) is 0 Å². The molecule has 2 aromatic carbocycles. The van der Waals surface area contributed by atoms with Gasteiger partial charge in [-0.05, 0) is 42.8 Å². The normalized spacial score (nSPS) is 16.3. The Balaban J connectivity index is 1.62. The van der Waals surface area contributed by atoms with Crippen LogP contribution in [-0.2, 0) is 0 Å². The number of carbonyl (C=O) groups excluding carboxylic acids is 1. The Labute approximate surface area is 166 Å². The number of fused-ring (bicyclic) bond motifs is 1. The number of furan rings is 1. The molecule has 0 saturated heterocycles. The molecule has 1 aliphatic heterocycles. The number of nitro groups is 1. The first kappa shape index (κ1) is 18.3. The predicted molar refractivity (Wildman–Crippen MR) is 109 cm³/mol. The molecule has 142 valence electrons. The third kappa shape index (κ3) is 3.53. The zero-order chi connectivity index (χ0) is 19.7. The maximum Gasteiger partial charge on any atom is 0.294 e. The molecule has 1 atom stereocenters. The van der Waals surface area contributed by atoms with Gasteiger partial charge in [0.15, 0.2) is 5.76 Å². The Bertz CT molecular complexity index is 1030. The van der Waals surface area contributed by atoms with Crippen LogP contribution < -0.4 is 4.90 Å². The van der Waals surface area contributed by atoms with Crippen LogP contribution in [0.15, 0.2) is 70.0 Å². The van der Waals surface area contributed by atoms with Gasteiger partial charge in [-0.1, -0.05) is 19.1 Å². The average molecular weight is 394 g/mol. The van der Waals surface area contributed by atoms with Gasteiger partial charge in [-0.25, -0.2) is 0 Å². The van der Waals surface area contributed by atoms with Crippen LogP contribution in [0, 0.1) is 10.1 Å². The number of amides is 1. The molecule has 0 aliphatic carbocycles. The topological polar surface area (TPSA) is 76.6 Å². The van der Waals surface area contributed by atoms with E-state index in [0.29, 0.717) is 23.1 Å². The predicted octanol–water partition coefficient (Wildman–Crippen LogP) is 5.39. The largest absolute Gasteiger partial charge is 0.451 e. The third-order valence-electron chi connectivity index (χ3n) is 4.67. The van der Waals surface area contributed by atoms with Gasteiger partial charge in [-0.15, -0.1) is 11.8 Å². The van der Waals surface area contributed by atoms with E-state index >= 15 is 0 Å². The van der Waals surface area contributed by atoms with Gasteiger partial charge in [-0.2, -0.15) is 0 Å². The van der Waals surface area contributed by atoms with E-state index in [1.54, 1.807) is 40.9 Å². The van der Waals surface area contributed by atoms with Crippen LogP contribution in [0.4, 0.5) is 11.4 Å². The molecular formula is C21H18N2O4S. The van der Waals surface area contributed by atoms with Crippen LogP contribution in [0.2, 0.25) is 0 Å². The van der Waals surface area contributed by atoms with Crippen LogP contribution in [0.5, 0.6) is 0 Å². The SMILES string of the molecule is CC1CCN(C(=O)c2ccc(-c3ccc([N+](=O)[O-])cc3)o2)c2ccccc2S1. The second-order valence-electron chi connectivity index (χ2n) is 6.61. The zero-order valence-electron chi connectivity index (χ0n) is 15.2. The third-order valence-corrected chi connectivity index (χ3v) is 5.91. The maximum atomic E-state index is 13.1. The van der Waals surface area contributed by atoms with E-state index in [4.69, 9.17) is 4.42 Å². The molecule has 7 heteroatoms. The monoisotopic (exact) mass is 394 g/mol. The highest BCUT2D eigenvalue weighted by Gasteiger charge is 2.27. The van der Waals surface area contributed by atoms with Crippen LogP contribution >= 0.6 is 11.8 Å². The number of carbonyl (C=O) groups is 1. The van der Waals surface area contributed by atoms with Crippen molar-refractivity contribution >= 4 is 29.0 Å². The molecule has 0 saturated carbocycles. The van der Waals surface area contributed by atoms with E-state index < -0.39 is 4.92 Å². The van der Waals surface area contributed by atoms with E-state index in [2.05, 4.69) is 6.92 Å². The number of rotatable bonds is 3. The van der Waals surface area contributed by atoms with Crippen molar-refractivity contribution in [2.45, 2.75) is 23.5 Å². The van der Waals surface area contributed by atoms with Gasteiger partial charge in [0.2, 0.25) is 0 Å². The van der Waals surface area contributed by atoms with Crippen molar-refractivity contribution in [1.82, 2.24) is 0 Å². The molecule has 6 nitrogen and oxygen atoms in total. The summed E-state index contributed by atoms with van der Waals surface area (Å²) in [6, 6.07) is 17.3. The summed E-state index contributed by atoms with van der Waals surface area (Å²) in [5.41, 5.74) is 1.60. The fraction of sp³-hybridized carbons (Fsp3) is 0.190. The summed E-state index contributed by atoms with van der Waals surface area (Å²) < 4.78 is 5.80. The minimum absolute atomic E-state index is 0.0133. The summed E-state index contributed by atoms with van der Waals surface area (Å²) >= 11 is 1.78. The highest BCUT2D eigenvalue weighted by atomic mass is 32.2. The Morgan fingerprint density at radius 2 is 1.89 bits per heavy atom. The summed E-state index contributed by atoms with van der Waals surface area (Å²) in [5.74, 6) is 0.571. The fourth-order valence-electron chi connectivity index (χ4n) is 3.19.